The van der Waals surface area contributed by atoms with Crippen LogP contribution in [0.5, 0.6) is 0 Å². The van der Waals surface area contributed by atoms with E-state index in [1.807, 2.05) is 30.3 Å². The molecule has 0 spiro atoms. The third kappa shape index (κ3) is 8.06. The summed E-state index contributed by atoms with van der Waals surface area (Å²) in [5.41, 5.74) is 5.13. The molecule has 2 aromatic carbocycles. The maximum absolute atomic E-state index is 3.34. The van der Waals surface area contributed by atoms with E-state index in [1.54, 1.807) is 0 Å². The number of rotatable bonds is 10. The molecule has 0 aliphatic rings. The lowest BCUT2D eigenvalue weighted by Gasteiger charge is -2.12. The Hall–Kier alpha value is -2.44. The average molecular weight is 371 g/mol. The van der Waals surface area contributed by atoms with Crippen molar-refractivity contribution in [2.24, 2.45) is 0 Å². The van der Waals surface area contributed by atoms with E-state index in [0.29, 0.717) is 0 Å². The lowest BCUT2D eigenvalue weighted by Crippen LogP contribution is -1.99. The summed E-state index contributed by atoms with van der Waals surface area (Å²) < 4.78 is 0. The fraction of sp³-hybridized carbons (Fsp3) is 0.429. The molecule has 0 bridgehead atoms. The minimum Gasteiger partial charge on any atom is -0.0654 e. The quantitative estimate of drug-likeness (QED) is 0.303. The van der Waals surface area contributed by atoms with Gasteiger partial charge in [0.15, 0.2) is 0 Å². The summed E-state index contributed by atoms with van der Waals surface area (Å²) in [6.07, 6.45) is 12.8. The molecule has 0 atom stereocenters. The Morgan fingerprint density at radius 2 is 1.32 bits per heavy atom. The maximum atomic E-state index is 3.34. The number of hydrogen-bond acceptors (Lipinski definition) is 0. The van der Waals surface area contributed by atoms with E-state index in [9.17, 15) is 0 Å². The Morgan fingerprint density at radius 1 is 0.607 bits per heavy atom. The molecule has 2 aromatic rings. The minimum absolute atomic E-state index is 1.01. The molecule has 0 saturated carbocycles. The zero-order chi connectivity index (χ0) is 19.9. The van der Waals surface area contributed by atoms with Crippen molar-refractivity contribution in [2.45, 2.75) is 78.1 Å². The maximum Gasteiger partial charge on any atom is 0.0290 e. The van der Waals surface area contributed by atoms with Crippen LogP contribution in [0.25, 0.3) is 0 Å². The molecule has 28 heavy (non-hydrogen) atoms. The van der Waals surface area contributed by atoms with Crippen molar-refractivity contribution in [3.8, 4) is 23.7 Å². The first kappa shape index (κ1) is 21.9. The fourth-order valence-electron chi connectivity index (χ4n) is 3.45. The molecule has 0 radical (unpaired) electrons. The summed E-state index contributed by atoms with van der Waals surface area (Å²) in [4.78, 5) is 0. The molecule has 146 valence electrons. The van der Waals surface area contributed by atoms with Gasteiger partial charge >= 0.3 is 0 Å². The summed E-state index contributed by atoms with van der Waals surface area (Å²) >= 11 is 0. The van der Waals surface area contributed by atoms with Gasteiger partial charge in [-0.15, -0.1) is 0 Å². The van der Waals surface area contributed by atoms with Crippen molar-refractivity contribution in [1.29, 1.82) is 0 Å². The Bertz CT molecular complexity index is 806. The summed E-state index contributed by atoms with van der Waals surface area (Å²) in [6, 6.07) is 16.7. The lowest BCUT2D eigenvalue weighted by molar-refractivity contribution is 0.606. The Kier molecular flexibility index (Phi) is 10.7. The highest BCUT2D eigenvalue weighted by Gasteiger charge is 2.07. The third-order valence-electron chi connectivity index (χ3n) is 5.09. The topological polar surface area (TPSA) is 0 Å². The molecule has 0 saturated heterocycles. The summed E-state index contributed by atoms with van der Waals surface area (Å²) in [5, 5.41) is 0. The number of benzene rings is 2. The van der Waals surface area contributed by atoms with Crippen LogP contribution in [-0.2, 0) is 12.8 Å². The van der Waals surface area contributed by atoms with Gasteiger partial charge in [0.25, 0.3) is 0 Å². The molecule has 2 rings (SSSR count). The van der Waals surface area contributed by atoms with Gasteiger partial charge in [-0.05, 0) is 66.9 Å². The standard InChI is InChI=1S/C28H34/c1-3-5-7-8-9-13-24-28-26(20-6-4-2)22-16-23-27(28)21-15-14-19-25-17-11-10-12-18-25/h10-12,16-18,22-23H,3-9,13,20,24H2,1-2H3. The van der Waals surface area contributed by atoms with Crippen molar-refractivity contribution in [3.05, 3.63) is 70.8 Å². The molecule has 0 fully saturated rings. The van der Waals surface area contributed by atoms with Crippen LogP contribution in [-0.4, -0.2) is 0 Å². The highest BCUT2D eigenvalue weighted by molar-refractivity contribution is 5.49. The van der Waals surface area contributed by atoms with Gasteiger partial charge in [0.1, 0.15) is 0 Å². The van der Waals surface area contributed by atoms with E-state index in [-0.39, 0.29) is 0 Å². The van der Waals surface area contributed by atoms with Crippen LogP contribution in [0.3, 0.4) is 0 Å². The molecule has 0 aromatic heterocycles. The molecule has 0 heteroatoms. The average Bonchev–Trinajstić information content (AvgIpc) is 2.73. The normalized spacial score (nSPS) is 9.93. The molecule has 0 unspecified atom stereocenters. The SMILES string of the molecule is CCCCCCCCc1c(C#CC#Cc2ccccc2)cccc1CCCC. The van der Waals surface area contributed by atoms with E-state index in [4.69, 9.17) is 0 Å². The van der Waals surface area contributed by atoms with Crippen LogP contribution >= 0.6 is 0 Å². The number of unbranched alkanes of at least 4 members (excludes halogenated alkanes) is 6. The Balaban J connectivity index is 2.09. The first-order chi connectivity index (χ1) is 13.8. The number of hydrogen-bond donors (Lipinski definition) is 0. The molecule has 0 aliphatic carbocycles. The molecule has 0 amide bonds. The fourth-order valence-corrected chi connectivity index (χ4v) is 3.45. The monoisotopic (exact) mass is 370 g/mol. The van der Waals surface area contributed by atoms with Crippen LogP contribution < -0.4 is 0 Å². The van der Waals surface area contributed by atoms with Crippen LogP contribution in [0.2, 0.25) is 0 Å². The summed E-state index contributed by atoms with van der Waals surface area (Å²) in [6.45, 7) is 4.53. The van der Waals surface area contributed by atoms with Gasteiger partial charge in [0, 0.05) is 11.1 Å². The van der Waals surface area contributed by atoms with E-state index >= 15 is 0 Å². The van der Waals surface area contributed by atoms with Crippen molar-refractivity contribution < 1.29 is 0 Å². The van der Waals surface area contributed by atoms with Crippen molar-refractivity contribution in [1.82, 2.24) is 0 Å². The highest BCUT2D eigenvalue weighted by Crippen LogP contribution is 2.20. The van der Waals surface area contributed by atoms with E-state index in [0.717, 1.165) is 18.4 Å². The zero-order valence-corrected chi connectivity index (χ0v) is 17.7. The summed E-state index contributed by atoms with van der Waals surface area (Å²) in [5.74, 6) is 12.6. The van der Waals surface area contributed by atoms with Gasteiger partial charge in [0.2, 0.25) is 0 Å². The molecule has 0 aliphatic heterocycles. The number of aryl methyl sites for hydroxylation is 1. The van der Waals surface area contributed by atoms with Crippen LogP contribution in [0.15, 0.2) is 48.5 Å². The van der Waals surface area contributed by atoms with E-state index in [1.165, 1.54) is 68.1 Å². The molecular formula is C28H34. The van der Waals surface area contributed by atoms with Crippen molar-refractivity contribution in [2.75, 3.05) is 0 Å². The van der Waals surface area contributed by atoms with E-state index < -0.39 is 0 Å². The highest BCUT2D eigenvalue weighted by atomic mass is 14.1. The second-order valence-electron chi connectivity index (χ2n) is 7.43. The predicted octanol–water partition coefficient (Wildman–Crippen LogP) is 7.34. The van der Waals surface area contributed by atoms with Crippen molar-refractivity contribution >= 4 is 0 Å². The third-order valence-corrected chi connectivity index (χ3v) is 5.09. The van der Waals surface area contributed by atoms with Gasteiger partial charge in [-0.25, -0.2) is 0 Å². The Morgan fingerprint density at radius 3 is 2.11 bits per heavy atom. The second-order valence-corrected chi connectivity index (χ2v) is 7.43. The molecule has 0 nitrogen and oxygen atoms in total. The van der Waals surface area contributed by atoms with Gasteiger partial charge in [-0.2, -0.15) is 0 Å². The molecule has 0 N–H and O–H groups in total. The molecule has 0 heterocycles. The van der Waals surface area contributed by atoms with Crippen molar-refractivity contribution in [3.63, 3.8) is 0 Å². The van der Waals surface area contributed by atoms with Gasteiger partial charge in [-0.1, -0.05) is 94.5 Å². The summed E-state index contributed by atoms with van der Waals surface area (Å²) in [7, 11) is 0. The van der Waals surface area contributed by atoms with Crippen LogP contribution in [0.4, 0.5) is 0 Å². The molecular weight excluding hydrogens is 336 g/mol. The predicted molar refractivity (Wildman–Crippen MR) is 122 cm³/mol. The smallest absolute Gasteiger partial charge is 0.0290 e. The largest absolute Gasteiger partial charge is 0.0654 e. The van der Waals surface area contributed by atoms with Crippen LogP contribution in [0, 0.1) is 23.7 Å². The van der Waals surface area contributed by atoms with Crippen LogP contribution in [0.1, 0.15) is 87.5 Å². The van der Waals surface area contributed by atoms with Gasteiger partial charge < -0.3 is 0 Å². The first-order valence-corrected chi connectivity index (χ1v) is 11.0. The minimum atomic E-state index is 1.01. The van der Waals surface area contributed by atoms with Gasteiger partial charge in [-0.3, -0.25) is 0 Å². The van der Waals surface area contributed by atoms with E-state index in [2.05, 4.69) is 55.7 Å². The van der Waals surface area contributed by atoms with Gasteiger partial charge in [0.05, 0.1) is 0 Å². The first-order valence-electron chi connectivity index (χ1n) is 11.0. The second kappa shape index (κ2) is 13.7. The Labute approximate surface area is 172 Å². The lowest BCUT2D eigenvalue weighted by atomic mass is 9.93. The zero-order valence-electron chi connectivity index (χ0n) is 17.7.